The summed E-state index contributed by atoms with van der Waals surface area (Å²) in [6, 6.07) is 9.67. The van der Waals surface area contributed by atoms with Crippen molar-refractivity contribution in [2.24, 2.45) is 0 Å². The molecule has 0 bridgehead atoms. The van der Waals surface area contributed by atoms with Crippen LogP contribution in [0.1, 0.15) is 17.3 Å². The standard InChI is InChI=1S/C16H15BrO7S/c1-10(17)15(18)24-14-7-6-13(11-4-2-3-5-12(11)14)16(19)23-8-9-25(20,21)22/h2-7,10H,8-9H2,1H3,(H,20,21,22). The van der Waals surface area contributed by atoms with Gasteiger partial charge in [0.05, 0.1) is 5.56 Å². The van der Waals surface area contributed by atoms with E-state index in [1.54, 1.807) is 31.2 Å². The Morgan fingerprint density at radius 3 is 2.40 bits per heavy atom. The predicted octanol–water partition coefficient (Wildman–Crippen LogP) is 2.57. The topological polar surface area (TPSA) is 107 Å². The van der Waals surface area contributed by atoms with E-state index >= 15 is 0 Å². The van der Waals surface area contributed by atoms with Crippen LogP contribution in [0.15, 0.2) is 36.4 Å². The van der Waals surface area contributed by atoms with Crippen LogP contribution < -0.4 is 4.74 Å². The lowest BCUT2D eigenvalue weighted by Crippen LogP contribution is -2.17. The number of halogens is 1. The number of hydrogen-bond acceptors (Lipinski definition) is 6. The SMILES string of the molecule is CC(Br)C(=O)Oc1ccc(C(=O)OCCS(=O)(=O)O)c2ccccc12. The van der Waals surface area contributed by atoms with Gasteiger partial charge >= 0.3 is 11.9 Å². The molecule has 2 aromatic rings. The second kappa shape index (κ2) is 7.94. The van der Waals surface area contributed by atoms with E-state index in [-0.39, 0.29) is 5.56 Å². The molecule has 0 heterocycles. The highest BCUT2D eigenvalue weighted by Gasteiger charge is 2.18. The van der Waals surface area contributed by atoms with Gasteiger partial charge in [-0.15, -0.1) is 0 Å². The van der Waals surface area contributed by atoms with Crippen LogP contribution in [0, 0.1) is 0 Å². The van der Waals surface area contributed by atoms with Gasteiger partial charge in [0, 0.05) is 5.39 Å². The molecule has 9 heteroatoms. The Bertz CT molecular complexity index is 906. The van der Waals surface area contributed by atoms with Gasteiger partial charge in [0.15, 0.2) is 0 Å². The van der Waals surface area contributed by atoms with Crippen molar-refractivity contribution >= 4 is 48.8 Å². The number of benzene rings is 2. The molecule has 0 aromatic heterocycles. The third kappa shape index (κ3) is 5.25. The summed E-state index contributed by atoms with van der Waals surface area (Å²) in [5.74, 6) is -1.61. The van der Waals surface area contributed by atoms with Gasteiger partial charge in [-0.05, 0) is 24.4 Å². The van der Waals surface area contributed by atoms with Crippen LogP contribution in [-0.2, 0) is 19.6 Å². The zero-order valence-corrected chi connectivity index (χ0v) is 15.5. The van der Waals surface area contributed by atoms with Gasteiger partial charge in [0.25, 0.3) is 10.1 Å². The van der Waals surface area contributed by atoms with Crippen LogP contribution in [0.5, 0.6) is 5.75 Å². The summed E-state index contributed by atoms with van der Waals surface area (Å²) in [6.45, 7) is 1.16. The Kier molecular flexibility index (Phi) is 6.15. The zero-order chi connectivity index (χ0) is 18.6. The summed E-state index contributed by atoms with van der Waals surface area (Å²) in [5, 5.41) is 1.03. The molecule has 1 atom stereocenters. The van der Waals surface area contributed by atoms with Gasteiger partial charge in [-0.3, -0.25) is 9.35 Å². The number of alkyl halides is 1. The van der Waals surface area contributed by atoms with Crippen LogP contribution in [0.25, 0.3) is 10.8 Å². The molecule has 0 radical (unpaired) electrons. The van der Waals surface area contributed by atoms with Gasteiger partial charge in [-0.1, -0.05) is 40.2 Å². The van der Waals surface area contributed by atoms with Crippen molar-refractivity contribution in [1.29, 1.82) is 0 Å². The van der Waals surface area contributed by atoms with Gasteiger partial charge in [-0.25, -0.2) is 4.79 Å². The van der Waals surface area contributed by atoms with Crippen molar-refractivity contribution in [3.63, 3.8) is 0 Å². The quantitative estimate of drug-likeness (QED) is 0.324. The molecular formula is C16H15BrO7S. The van der Waals surface area contributed by atoms with E-state index in [9.17, 15) is 18.0 Å². The Balaban J connectivity index is 2.30. The minimum Gasteiger partial charge on any atom is -0.461 e. The van der Waals surface area contributed by atoms with Crippen LogP contribution in [0.3, 0.4) is 0 Å². The van der Waals surface area contributed by atoms with Crippen LogP contribution in [0.2, 0.25) is 0 Å². The fourth-order valence-electron chi connectivity index (χ4n) is 2.05. The molecule has 0 amide bonds. The van der Waals surface area contributed by atoms with E-state index in [1.165, 1.54) is 12.1 Å². The lowest BCUT2D eigenvalue weighted by molar-refractivity contribution is -0.133. The molecule has 0 saturated carbocycles. The first-order chi connectivity index (χ1) is 11.7. The lowest BCUT2D eigenvalue weighted by atomic mass is 10.0. The van der Waals surface area contributed by atoms with Crippen LogP contribution >= 0.6 is 15.9 Å². The maximum atomic E-state index is 12.2. The fraction of sp³-hybridized carbons (Fsp3) is 0.250. The first-order valence-electron chi connectivity index (χ1n) is 7.19. The molecule has 0 aliphatic carbocycles. The number of carbonyl (C=O) groups is 2. The highest BCUT2D eigenvalue weighted by atomic mass is 79.9. The largest absolute Gasteiger partial charge is 0.461 e. The van der Waals surface area contributed by atoms with Crippen LogP contribution in [0.4, 0.5) is 0 Å². The smallest absolute Gasteiger partial charge is 0.338 e. The number of rotatable bonds is 6. The summed E-state index contributed by atoms with van der Waals surface area (Å²) in [4.78, 5) is 23.5. The van der Waals surface area contributed by atoms with E-state index in [0.717, 1.165) is 0 Å². The molecule has 0 spiro atoms. The molecule has 0 aliphatic rings. The van der Waals surface area contributed by atoms with Crippen molar-refractivity contribution in [1.82, 2.24) is 0 Å². The number of carbonyl (C=O) groups excluding carboxylic acids is 2. The Labute approximate surface area is 152 Å². The Morgan fingerprint density at radius 1 is 1.16 bits per heavy atom. The molecule has 2 aromatic carbocycles. The van der Waals surface area contributed by atoms with Crippen molar-refractivity contribution < 1.29 is 32.0 Å². The minimum atomic E-state index is -4.21. The van der Waals surface area contributed by atoms with Crippen molar-refractivity contribution in [3.8, 4) is 5.75 Å². The van der Waals surface area contributed by atoms with Crippen molar-refractivity contribution in [2.75, 3.05) is 12.4 Å². The number of ether oxygens (including phenoxy) is 2. The molecule has 1 unspecified atom stereocenters. The number of esters is 2. The molecule has 25 heavy (non-hydrogen) atoms. The predicted molar refractivity (Wildman–Crippen MR) is 94.7 cm³/mol. The fourth-order valence-corrected chi connectivity index (χ4v) is 2.43. The monoisotopic (exact) mass is 430 g/mol. The van der Waals surface area contributed by atoms with E-state index in [2.05, 4.69) is 15.9 Å². The highest BCUT2D eigenvalue weighted by Crippen LogP contribution is 2.29. The van der Waals surface area contributed by atoms with Crippen molar-refractivity contribution in [3.05, 3.63) is 42.0 Å². The molecule has 0 fully saturated rings. The summed E-state index contributed by atoms with van der Waals surface area (Å²) in [5.41, 5.74) is 0.192. The third-order valence-electron chi connectivity index (χ3n) is 3.21. The van der Waals surface area contributed by atoms with Crippen molar-refractivity contribution in [2.45, 2.75) is 11.8 Å². The Morgan fingerprint density at radius 2 is 1.80 bits per heavy atom. The molecule has 0 aliphatic heterocycles. The van der Waals surface area contributed by atoms with E-state index in [0.29, 0.717) is 16.5 Å². The van der Waals surface area contributed by atoms with Gasteiger partial charge in [0.1, 0.15) is 22.9 Å². The zero-order valence-electron chi connectivity index (χ0n) is 13.1. The lowest BCUT2D eigenvalue weighted by Gasteiger charge is -2.12. The van der Waals surface area contributed by atoms with Gasteiger partial charge in [0.2, 0.25) is 0 Å². The maximum Gasteiger partial charge on any atom is 0.338 e. The van der Waals surface area contributed by atoms with E-state index < -0.39 is 39.2 Å². The highest BCUT2D eigenvalue weighted by molar-refractivity contribution is 9.10. The maximum absolute atomic E-state index is 12.2. The second-order valence-electron chi connectivity index (χ2n) is 5.12. The molecule has 134 valence electrons. The second-order valence-corrected chi connectivity index (χ2v) is 8.06. The number of hydrogen-bond donors (Lipinski definition) is 1. The van der Waals surface area contributed by atoms with Crippen LogP contribution in [-0.4, -0.2) is 42.1 Å². The first kappa shape index (κ1) is 19.4. The summed E-state index contributed by atoms with van der Waals surface area (Å²) in [7, 11) is -4.21. The first-order valence-corrected chi connectivity index (χ1v) is 9.71. The molecule has 2 rings (SSSR count). The average molecular weight is 431 g/mol. The molecular weight excluding hydrogens is 416 g/mol. The Hall–Kier alpha value is -1.97. The minimum absolute atomic E-state index is 0.192. The van der Waals surface area contributed by atoms with Gasteiger partial charge < -0.3 is 9.47 Å². The molecule has 0 saturated heterocycles. The van der Waals surface area contributed by atoms with E-state index in [4.69, 9.17) is 14.0 Å². The summed E-state index contributed by atoms with van der Waals surface area (Å²) < 4.78 is 40.2. The van der Waals surface area contributed by atoms with Gasteiger partial charge in [-0.2, -0.15) is 8.42 Å². The van der Waals surface area contributed by atoms with E-state index in [1.807, 2.05) is 0 Å². The average Bonchev–Trinajstić information content (AvgIpc) is 2.53. The normalized spacial score (nSPS) is 12.6. The molecule has 1 N–H and O–H groups in total. The number of fused-ring (bicyclic) bond motifs is 1. The summed E-state index contributed by atoms with van der Waals surface area (Å²) >= 11 is 3.13. The molecule has 7 nitrogen and oxygen atoms in total. The summed E-state index contributed by atoms with van der Waals surface area (Å²) in [6.07, 6.45) is 0. The third-order valence-corrected chi connectivity index (χ3v) is 4.27.